The van der Waals surface area contributed by atoms with Crippen molar-refractivity contribution in [2.75, 3.05) is 11.1 Å². The summed E-state index contributed by atoms with van der Waals surface area (Å²) < 4.78 is 0.766. The smallest absolute Gasteiger partial charge is 0.257 e. The van der Waals surface area contributed by atoms with Crippen molar-refractivity contribution in [1.82, 2.24) is 4.98 Å². The van der Waals surface area contributed by atoms with Crippen LogP contribution in [0.15, 0.2) is 28.9 Å². The number of rotatable bonds is 2. The first kappa shape index (κ1) is 14.8. The molecule has 2 aromatic rings. The van der Waals surface area contributed by atoms with E-state index in [-0.39, 0.29) is 5.91 Å². The minimum absolute atomic E-state index is 0.275. The molecule has 0 radical (unpaired) electrons. The number of nitrogens with one attached hydrogen (secondary N) is 1. The van der Waals surface area contributed by atoms with Crippen LogP contribution in [0, 0.1) is 13.8 Å². The van der Waals surface area contributed by atoms with Crippen LogP contribution in [-0.4, -0.2) is 10.9 Å². The van der Waals surface area contributed by atoms with E-state index in [9.17, 15) is 4.79 Å². The molecule has 0 atom stereocenters. The SMILES string of the molecule is Cc1cc(Br)c(NC(=O)c2cc(N)cnc2C)cc1Cl. The Balaban J connectivity index is 2.32. The molecule has 0 aliphatic rings. The van der Waals surface area contributed by atoms with Crippen molar-refractivity contribution < 1.29 is 4.79 Å². The van der Waals surface area contributed by atoms with Gasteiger partial charge in [0, 0.05) is 9.50 Å². The summed E-state index contributed by atoms with van der Waals surface area (Å²) in [5, 5.41) is 3.39. The molecule has 0 aliphatic carbocycles. The van der Waals surface area contributed by atoms with E-state index < -0.39 is 0 Å². The summed E-state index contributed by atoms with van der Waals surface area (Å²) in [5.41, 5.74) is 8.69. The first-order chi connectivity index (χ1) is 9.38. The predicted molar refractivity (Wildman–Crippen MR) is 85.2 cm³/mol. The second kappa shape index (κ2) is 5.81. The molecule has 4 nitrogen and oxygen atoms in total. The summed E-state index contributed by atoms with van der Waals surface area (Å²) in [6.45, 7) is 3.65. The number of halogens is 2. The topological polar surface area (TPSA) is 68.0 Å². The lowest BCUT2D eigenvalue weighted by atomic mass is 10.1. The third-order valence-electron chi connectivity index (χ3n) is 2.85. The molecule has 0 fully saturated rings. The van der Waals surface area contributed by atoms with Gasteiger partial charge in [-0.3, -0.25) is 9.78 Å². The fourth-order valence-electron chi connectivity index (χ4n) is 1.71. The molecule has 0 saturated carbocycles. The minimum Gasteiger partial charge on any atom is -0.397 e. The number of carbonyl (C=O) groups excluding carboxylic acids is 1. The van der Waals surface area contributed by atoms with Gasteiger partial charge >= 0.3 is 0 Å². The second-order valence-corrected chi connectivity index (χ2v) is 5.70. The van der Waals surface area contributed by atoms with Crippen LogP contribution in [0.3, 0.4) is 0 Å². The molecular weight excluding hydrogens is 342 g/mol. The zero-order chi connectivity index (χ0) is 14.9. The number of aryl methyl sites for hydroxylation is 2. The molecule has 3 N–H and O–H groups in total. The highest BCUT2D eigenvalue weighted by molar-refractivity contribution is 9.10. The number of nitrogens with zero attached hydrogens (tertiary/aromatic N) is 1. The Morgan fingerprint density at radius 3 is 2.75 bits per heavy atom. The van der Waals surface area contributed by atoms with E-state index in [1.54, 1.807) is 19.1 Å². The molecule has 0 bridgehead atoms. The Kier molecular flexibility index (Phi) is 4.30. The van der Waals surface area contributed by atoms with E-state index in [0.29, 0.717) is 27.7 Å². The average molecular weight is 355 g/mol. The van der Waals surface area contributed by atoms with Crippen LogP contribution in [0.1, 0.15) is 21.6 Å². The third-order valence-corrected chi connectivity index (χ3v) is 3.91. The molecule has 6 heteroatoms. The average Bonchev–Trinajstić information content (AvgIpc) is 2.38. The zero-order valence-electron chi connectivity index (χ0n) is 11.0. The van der Waals surface area contributed by atoms with Crippen molar-refractivity contribution in [3.8, 4) is 0 Å². The molecule has 1 heterocycles. The highest BCUT2D eigenvalue weighted by Gasteiger charge is 2.13. The molecule has 0 spiro atoms. The summed E-state index contributed by atoms with van der Waals surface area (Å²) in [5.74, 6) is -0.275. The summed E-state index contributed by atoms with van der Waals surface area (Å²) in [4.78, 5) is 16.3. The largest absolute Gasteiger partial charge is 0.397 e. The fourth-order valence-corrected chi connectivity index (χ4v) is 2.43. The summed E-state index contributed by atoms with van der Waals surface area (Å²) in [6, 6.07) is 5.15. The zero-order valence-corrected chi connectivity index (χ0v) is 13.3. The normalized spacial score (nSPS) is 10.4. The van der Waals surface area contributed by atoms with E-state index in [4.69, 9.17) is 17.3 Å². The fraction of sp³-hybridized carbons (Fsp3) is 0.143. The Labute approximate surface area is 130 Å². The van der Waals surface area contributed by atoms with E-state index in [1.807, 2.05) is 13.0 Å². The van der Waals surface area contributed by atoms with Gasteiger partial charge in [-0.15, -0.1) is 0 Å². The number of nitrogen functional groups attached to an aromatic ring is 1. The van der Waals surface area contributed by atoms with Crippen molar-refractivity contribution in [2.45, 2.75) is 13.8 Å². The van der Waals surface area contributed by atoms with E-state index in [0.717, 1.165) is 10.0 Å². The molecule has 0 saturated heterocycles. The van der Waals surface area contributed by atoms with Gasteiger partial charge < -0.3 is 11.1 Å². The van der Waals surface area contributed by atoms with E-state index in [2.05, 4.69) is 26.2 Å². The highest BCUT2D eigenvalue weighted by atomic mass is 79.9. The number of anilines is 2. The van der Waals surface area contributed by atoms with Crippen molar-refractivity contribution >= 4 is 44.8 Å². The third kappa shape index (κ3) is 3.11. The first-order valence-electron chi connectivity index (χ1n) is 5.87. The van der Waals surface area contributed by atoms with Crippen LogP contribution < -0.4 is 11.1 Å². The Morgan fingerprint density at radius 2 is 2.05 bits per heavy atom. The molecular formula is C14H13BrClN3O. The molecule has 0 unspecified atom stereocenters. The molecule has 20 heavy (non-hydrogen) atoms. The number of hydrogen-bond acceptors (Lipinski definition) is 3. The van der Waals surface area contributed by atoms with Gasteiger partial charge in [0.05, 0.1) is 28.8 Å². The molecule has 2 rings (SSSR count). The quantitative estimate of drug-likeness (QED) is 0.858. The van der Waals surface area contributed by atoms with Gasteiger partial charge in [-0.1, -0.05) is 11.6 Å². The monoisotopic (exact) mass is 353 g/mol. The number of pyridine rings is 1. The number of benzene rings is 1. The van der Waals surface area contributed by atoms with Crippen LogP contribution in [0.25, 0.3) is 0 Å². The molecule has 1 aromatic heterocycles. The van der Waals surface area contributed by atoms with E-state index >= 15 is 0 Å². The van der Waals surface area contributed by atoms with Crippen molar-refractivity contribution in [1.29, 1.82) is 0 Å². The first-order valence-corrected chi connectivity index (χ1v) is 7.04. The van der Waals surface area contributed by atoms with Crippen LogP contribution in [0.4, 0.5) is 11.4 Å². The Hall–Kier alpha value is -1.59. The highest BCUT2D eigenvalue weighted by Crippen LogP contribution is 2.29. The van der Waals surface area contributed by atoms with Gasteiger partial charge in [0.2, 0.25) is 0 Å². The lowest BCUT2D eigenvalue weighted by molar-refractivity contribution is 0.102. The second-order valence-electron chi connectivity index (χ2n) is 4.44. The predicted octanol–water partition coefficient (Wildman–Crippen LogP) is 3.95. The van der Waals surface area contributed by atoms with Gasteiger partial charge in [-0.25, -0.2) is 0 Å². The summed E-state index contributed by atoms with van der Waals surface area (Å²) in [6.07, 6.45) is 1.52. The maximum Gasteiger partial charge on any atom is 0.257 e. The van der Waals surface area contributed by atoms with Crippen LogP contribution in [-0.2, 0) is 0 Å². The minimum atomic E-state index is -0.275. The maximum absolute atomic E-state index is 12.3. The van der Waals surface area contributed by atoms with Crippen LogP contribution in [0.5, 0.6) is 0 Å². The van der Waals surface area contributed by atoms with Gasteiger partial charge in [-0.2, -0.15) is 0 Å². The molecule has 1 amide bonds. The van der Waals surface area contributed by atoms with Gasteiger partial charge in [0.1, 0.15) is 0 Å². The number of aromatic nitrogens is 1. The number of hydrogen-bond donors (Lipinski definition) is 2. The van der Waals surface area contributed by atoms with Crippen molar-refractivity contribution in [3.63, 3.8) is 0 Å². The number of amides is 1. The lowest BCUT2D eigenvalue weighted by Gasteiger charge is -2.11. The van der Waals surface area contributed by atoms with E-state index in [1.165, 1.54) is 6.20 Å². The summed E-state index contributed by atoms with van der Waals surface area (Å²) >= 11 is 9.47. The van der Waals surface area contributed by atoms with Crippen LogP contribution >= 0.6 is 27.5 Å². The van der Waals surface area contributed by atoms with Gasteiger partial charge in [0.15, 0.2) is 0 Å². The number of nitrogens with two attached hydrogens (primary N) is 1. The Bertz CT molecular complexity index is 688. The van der Waals surface area contributed by atoms with Gasteiger partial charge in [0.25, 0.3) is 5.91 Å². The standard InChI is InChI=1S/C14H13BrClN3O/c1-7-3-11(15)13(5-12(7)16)19-14(20)10-4-9(17)6-18-8(10)2/h3-6H,17H2,1-2H3,(H,19,20). The van der Waals surface area contributed by atoms with Crippen LogP contribution in [0.2, 0.25) is 5.02 Å². The van der Waals surface area contributed by atoms with Gasteiger partial charge in [-0.05, 0) is 53.5 Å². The molecule has 104 valence electrons. The lowest BCUT2D eigenvalue weighted by Crippen LogP contribution is -2.15. The Morgan fingerprint density at radius 1 is 1.35 bits per heavy atom. The number of carbonyl (C=O) groups is 1. The summed E-state index contributed by atoms with van der Waals surface area (Å²) in [7, 11) is 0. The molecule has 1 aromatic carbocycles. The maximum atomic E-state index is 12.3. The van der Waals surface area contributed by atoms with Crippen molar-refractivity contribution in [2.24, 2.45) is 0 Å². The van der Waals surface area contributed by atoms with Crippen molar-refractivity contribution in [3.05, 3.63) is 50.7 Å². The molecule has 0 aliphatic heterocycles.